The van der Waals surface area contributed by atoms with Crippen LogP contribution in [-0.2, 0) is 0 Å². The minimum Gasteiger partial charge on any atom is -0.508 e. The number of hydrogen-bond acceptors (Lipinski definition) is 5. The van der Waals surface area contributed by atoms with Crippen LogP contribution in [0.25, 0.3) is 6.08 Å². The van der Waals surface area contributed by atoms with E-state index in [1.165, 1.54) is 12.1 Å². The number of aromatic hydroxyl groups is 2. The van der Waals surface area contributed by atoms with Crippen molar-refractivity contribution in [3.63, 3.8) is 0 Å². The molecule has 2 N–H and O–H groups in total. The third kappa shape index (κ3) is 2.52. The molecule has 0 amide bonds. The van der Waals surface area contributed by atoms with Crippen LogP contribution >= 0.6 is 0 Å². The highest BCUT2D eigenvalue weighted by atomic mass is 16.5. The van der Waals surface area contributed by atoms with E-state index in [4.69, 9.17) is 9.47 Å². The summed E-state index contributed by atoms with van der Waals surface area (Å²) in [5.41, 5.74) is 0.914. The molecule has 4 rings (SSSR count). The lowest BCUT2D eigenvalue weighted by Crippen LogP contribution is -2.29. The Morgan fingerprint density at radius 1 is 1.12 bits per heavy atom. The second-order valence-electron chi connectivity index (χ2n) is 6.87. The molecule has 0 bridgehead atoms. The Labute approximate surface area is 145 Å². The van der Waals surface area contributed by atoms with Crippen LogP contribution in [0.3, 0.4) is 0 Å². The monoisotopic (exact) mass is 338 g/mol. The van der Waals surface area contributed by atoms with Crippen LogP contribution in [0.2, 0.25) is 0 Å². The lowest BCUT2D eigenvalue weighted by molar-refractivity contribution is 0.0890. The van der Waals surface area contributed by atoms with Gasteiger partial charge in [0.15, 0.2) is 5.78 Å². The second kappa shape index (κ2) is 5.28. The van der Waals surface area contributed by atoms with E-state index in [1.54, 1.807) is 24.3 Å². The maximum absolute atomic E-state index is 13.0. The Morgan fingerprint density at radius 3 is 2.56 bits per heavy atom. The Morgan fingerprint density at radius 2 is 1.84 bits per heavy atom. The van der Waals surface area contributed by atoms with Crippen LogP contribution in [0.1, 0.15) is 41.3 Å². The van der Waals surface area contributed by atoms with Gasteiger partial charge in [0.1, 0.15) is 40.8 Å². The molecule has 0 saturated heterocycles. The van der Waals surface area contributed by atoms with E-state index in [0.29, 0.717) is 17.1 Å². The molecule has 25 heavy (non-hydrogen) atoms. The van der Waals surface area contributed by atoms with Gasteiger partial charge in [0.25, 0.3) is 0 Å². The number of fused-ring (bicyclic) bond motifs is 2. The molecule has 2 aliphatic heterocycles. The van der Waals surface area contributed by atoms with E-state index in [1.807, 2.05) is 19.9 Å². The molecule has 2 aliphatic rings. The summed E-state index contributed by atoms with van der Waals surface area (Å²) in [6.45, 7) is 4.00. The minimum atomic E-state index is -0.526. The van der Waals surface area contributed by atoms with Gasteiger partial charge >= 0.3 is 0 Å². The molecule has 128 valence electrons. The number of benzene rings is 2. The van der Waals surface area contributed by atoms with Crippen molar-refractivity contribution >= 4 is 11.9 Å². The summed E-state index contributed by atoms with van der Waals surface area (Å²) in [4.78, 5) is 13.0. The van der Waals surface area contributed by atoms with E-state index in [2.05, 4.69) is 0 Å². The maximum Gasteiger partial charge on any atom is 0.181 e. The zero-order valence-corrected chi connectivity index (χ0v) is 13.9. The van der Waals surface area contributed by atoms with Crippen LogP contribution in [0.5, 0.6) is 23.0 Å². The van der Waals surface area contributed by atoms with Gasteiger partial charge in [-0.25, -0.2) is 0 Å². The molecule has 0 aliphatic carbocycles. The first-order valence-electron chi connectivity index (χ1n) is 8.10. The van der Waals surface area contributed by atoms with Gasteiger partial charge in [-0.15, -0.1) is 0 Å². The highest BCUT2D eigenvalue weighted by molar-refractivity contribution is 6.07. The largest absolute Gasteiger partial charge is 0.508 e. The molecule has 0 fully saturated rings. The molecule has 2 aromatic rings. The first-order chi connectivity index (χ1) is 11.9. The van der Waals surface area contributed by atoms with Gasteiger partial charge in [0.2, 0.25) is 0 Å². The normalized spacial score (nSPS) is 20.2. The Hall–Kier alpha value is -2.95. The van der Waals surface area contributed by atoms with Gasteiger partial charge < -0.3 is 19.7 Å². The predicted octanol–water partition coefficient (Wildman–Crippen LogP) is 3.64. The van der Waals surface area contributed by atoms with Crippen molar-refractivity contribution in [1.82, 2.24) is 0 Å². The first kappa shape index (κ1) is 15.6. The average molecular weight is 338 g/mol. The van der Waals surface area contributed by atoms with Gasteiger partial charge in [-0.05, 0) is 43.7 Å². The smallest absolute Gasteiger partial charge is 0.181 e. The number of phenolic OH excluding ortho intramolecular Hbond substituents is 2. The second-order valence-corrected chi connectivity index (χ2v) is 6.87. The summed E-state index contributed by atoms with van der Waals surface area (Å²) in [6.07, 6.45) is 3.61. The molecule has 1 atom stereocenters. The fourth-order valence-corrected chi connectivity index (χ4v) is 3.21. The standard InChI is InChI=1S/C20H18O5/c1-20(2)8-7-13-15(25-20)9-16-17(18(13)22)19(23)14(10-24-16)11-3-5-12(21)6-4-11/h3-9,14,21-22H,10H2,1-2H3. The van der Waals surface area contributed by atoms with Crippen LogP contribution in [0, 0.1) is 0 Å². The molecule has 5 nitrogen and oxygen atoms in total. The van der Waals surface area contributed by atoms with E-state index in [0.717, 1.165) is 5.56 Å². The number of ketones is 1. The zero-order valence-electron chi connectivity index (χ0n) is 13.9. The van der Waals surface area contributed by atoms with Gasteiger partial charge in [-0.2, -0.15) is 0 Å². The summed E-state index contributed by atoms with van der Waals surface area (Å²) in [7, 11) is 0. The lowest BCUT2D eigenvalue weighted by atomic mass is 9.87. The van der Waals surface area contributed by atoms with Gasteiger partial charge in [-0.3, -0.25) is 4.79 Å². The SMILES string of the molecule is CC1(C)C=Cc2c(cc3c(c2O)C(=O)C(c2ccc(O)cc2)CO3)O1. The fourth-order valence-electron chi connectivity index (χ4n) is 3.21. The van der Waals surface area contributed by atoms with Crippen molar-refractivity contribution in [2.24, 2.45) is 0 Å². The Kier molecular flexibility index (Phi) is 3.29. The van der Waals surface area contributed by atoms with Gasteiger partial charge in [0, 0.05) is 6.07 Å². The number of phenols is 2. The molecule has 2 heterocycles. The van der Waals surface area contributed by atoms with E-state index in [-0.39, 0.29) is 29.5 Å². The summed E-state index contributed by atoms with van der Waals surface area (Å²) in [5, 5.41) is 20.1. The molecule has 0 spiro atoms. The Bertz CT molecular complexity index is 893. The molecular weight excluding hydrogens is 320 g/mol. The highest BCUT2D eigenvalue weighted by Crippen LogP contribution is 2.46. The topological polar surface area (TPSA) is 76.0 Å². The lowest BCUT2D eigenvalue weighted by Gasteiger charge is -2.31. The highest BCUT2D eigenvalue weighted by Gasteiger charge is 2.36. The zero-order chi connectivity index (χ0) is 17.8. The number of carbonyl (C=O) groups excluding carboxylic acids is 1. The third-order valence-electron chi connectivity index (χ3n) is 4.55. The predicted molar refractivity (Wildman–Crippen MR) is 92.5 cm³/mol. The Balaban J connectivity index is 1.78. The van der Waals surface area contributed by atoms with E-state index < -0.39 is 11.5 Å². The van der Waals surface area contributed by atoms with Crippen molar-refractivity contribution in [3.05, 3.63) is 53.1 Å². The quantitative estimate of drug-likeness (QED) is 0.830. The number of Topliss-reactive ketones (excluding diaryl/α,β-unsaturated/α-hetero) is 1. The molecular formula is C20H18O5. The first-order valence-corrected chi connectivity index (χ1v) is 8.10. The number of hydrogen-bond donors (Lipinski definition) is 2. The van der Waals surface area contributed by atoms with Gasteiger partial charge in [0.05, 0.1) is 11.5 Å². The molecule has 2 aromatic carbocycles. The van der Waals surface area contributed by atoms with Crippen LogP contribution < -0.4 is 9.47 Å². The average Bonchev–Trinajstić information content (AvgIpc) is 2.55. The fraction of sp³-hybridized carbons (Fsp3) is 0.250. The van der Waals surface area contributed by atoms with E-state index in [9.17, 15) is 15.0 Å². The third-order valence-corrected chi connectivity index (χ3v) is 4.55. The maximum atomic E-state index is 13.0. The van der Waals surface area contributed by atoms with E-state index >= 15 is 0 Å². The summed E-state index contributed by atoms with van der Waals surface area (Å²) in [5.74, 6) is 0.123. The van der Waals surface area contributed by atoms with Crippen LogP contribution in [-0.4, -0.2) is 28.2 Å². The van der Waals surface area contributed by atoms with Crippen molar-refractivity contribution < 1.29 is 24.5 Å². The summed E-state index contributed by atoms with van der Waals surface area (Å²) >= 11 is 0. The molecule has 0 radical (unpaired) electrons. The minimum absolute atomic E-state index is 0.118. The molecule has 1 unspecified atom stereocenters. The number of carbonyl (C=O) groups is 1. The molecule has 5 heteroatoms. The van der Waals surface area contributed by atoms with Crippen molar-refractivity contribution in [1.29, 1.82) is 0 Å². The summed E-state index contributed by atoms with van der Waals surface area (Å²) in [6, 6.07) is 8.11. The van der Waals surface area contributed by atoms with Crippen LogP contribution in [0.15, 0.2) is 36.4 Å². The molecule has 0 aromatic heterocycles. The van der Waals surface area contributed by atoms with Crippen molar-refractivity contribution in [2.45, 2.75) is 25.4 Å². The van der Waals surface area contributed by atoms with Gasteiger partial charge in [-0.1, -0.05) is 12.1 Å². The number of rotatable bonds is 1. The molecule has 0 saturated carbocycles. The number of ether oxygens (including phenoxy) is 2. The van der Waals surface area contributed by atoms with Crippen molar-refractivity contribution in [2.75, 3.05) is 6.61 Å². The summed E-state index contributed by atoms with van der Waals surface area (Å²) < 4.78 is 11.6. The van der Waals surface area contributed by atoms with Crippen molar-refractivity contribution in [3.8, 4) is 23.0 Å². The van der Waals surface area contributed by atoms with Crippen LogP contribution in [0.4, 0.5) is 0 Å².